The van der Waals surface area contributed by atoms with E-state index in [0.29, 0.717) is 12.3 Å². The number of carbonyl (C=O) groups excluding carboxylic acids is 1. The highest BCUT2D eigenvalue weighted by Crippen LogP contribution is 2.15. The number of hydrogen-bond acceptors (Lipinski definition) is 4. The van der Waals surface area contributed by atoms with E-state index in [1.807, 2.05) is 37.3 Å². The van der Waals surface area contributed by atoms with Crippen LogP contribution in [0.2, 0.25) is 0 Å². The van der Waals surface area contributed by atoms with E-state index in [0.717, 1.165) is 16.5 Å². The minimum absolute atomic E-state index is 0.0599. The lowest BCUT2D eigenvalue weighted by atomic mass is 10.4. The van der Waals surface area contributed by atoms with E-state index in [-0.39, 0.29) is 5.91 Å². The summed E-state index contributed by atoms with van der Waals surface area (Å²) >= 11 is 1.44. The maximum absolute atomic E-state index is 12.0. The van der Waals surface area contributed by atoms with Crippen molar-refractivity contribution in [1.29, 1.82) is 0 Å². The number of hydrogen-bond donors (Lipinski definition) is 0. The lowest BCUT2D eigenvalue weighted by Crippen LogP contribution is -2.27. The molecule has 0 aliphatic rings. The summed E-state index contributed by atoms with van der Waals surface area (Å²) in [5.74, 6) is 2.10. The van der Waals surface area contributed by atoms with Crippen molar-refractivity contribution in [2.75, 3.05) is 12.8 Å². The Kier molecular flexibility index (Phi) is 4.63. The quantitative estimate of drug-likeness (QED) is 0.788. The number of aromatic nitrogens is 1. The summed E-state index contributed by atoms with van der Waals surface area (Å²) in [7, 11) is 1.78. The number of nitrogens with zero attached hydrogens (tertiary/aromatic N) is 2. The molecule has 2 aromatic heterocycles. The molecule has 4 nitrogen and oxygen atoms in total. The monoisotopic (exact) mass is 276 g/mol. The zero-order valence-corrected chi connectivity index (χ0v) is 11.8. The summed E-state index contributed by atoms with van der Waals surface area (Å²) < 4.78 is 5.45. The van der Waals surface area contributed by atoms with E-state index < -0.39 is 0 Å². The van der Waals surface area contributed by atoms with Crippen LogP contribution < -0.4 is 0 Å². The maximum Gasteiger partial charge on any atom is 0.233 e. The smallest absolute Gasteiger partial charge is 0.233 e. The van der Waals surface area contributed by atoms with Gasteiger partial charge >= 0.3 is 0 Å². The van der Waals surface area contributed by atoms with Gasteiger partial charge in [-0.3, -0.25) is 4.79 Å². The first kappa shape index (κ1) is 13.7. The average Bonchev–Trinajstić information content (AvgIpc) is 2.82. The highest BCUT2D eigenvalue weighted by atomic mass is 32.2. The normalized spacial score (nSPS) is 10.4. The summed E-state index contributed by atoms with van der Waals surface area (Å²) in [5.41, 5.74) is 0. The van der Waals surface area contributed by atoms with Crippen molar-refractivity contribution in [3.63, 3.8) is 0 Å². The number of pyridine rings is 1. The van der Waals surface area contributed by atoms with Crippen molar-refractivity contribution < 1.29 is 9.21 Å². The molecule has 0 spiro atoms. The van der Waals surface area contributed by atoms with Gasteiger partial charge in [0.2, 0.25) is 5.91 Å². The van der Waals surface area contributed by atoms with Crippen LogP contribution in [0.25, 0.3) is 0 Å². The first-order chi connectivity index (χ1) is 9.15. The zero-order valence-electron chi connectivity index (χ0n) is 11.0. The SMILES string of the molecule is Cc1ccc(CN(C)C(=O)CSc2ccccn2)o1. The third-order valence-corrected chi connectivity index (χ3v) is 3.52. The second-order valence-corrected chi connectivity index (χ2v) is 5.21. The van der Waals surface area contributed by atoms with E-state index in [4.69, 9.17) is 4.42 Å². The van der Waals surface area contributed by atoms with Crippen LogP contribution in [0.15, 0.2) is 46.0 Å². The molecule has 0 atom stereocenters. The van der Waals surface area contributed by atoms with Crippen molar-refractivity contribution in [1.82, 2.24) is 9.88 Å². The van der Waals surface area contributed by atoms with Gasteiger partial charge in [0.05, 0.1) is 17.3 Å². The molecular formula is C14H16N2O2S. The summed E-state index contributed by atoms with van der Waals surface area (Å²) in [6.07, 6.45) is 1.72. The summed E-state index contributed by atoms with van der Waals surface area (Å²) in [6, 6.07) is 9.46. The molecule has 0 fully saturated rings. The molecule has 19 heavy (non-hydrogen) atoms. The Bertz CT molecular complexity index is 539. The minimum Gasteiger partial charge on any atom is -0.464 e. The molecule has 5 heteroatoms. The van der Waals surface area contributed by atoms with Gasteiger partial charge in [0.1, 0.15) is 11.5 Å². The molecule has 0 radical (unpaired) electrons. The lowest BCUT2D eigenvalue weighted by molar-refractivity contribution is -0.127. The molecule has 0 N–H and O–H groups in total. The molecule has 2 rings (SSSR count). The number of rotatable bonds is 5. The highest BCUT2D eigenvalue weighted by molar-refractivity contribution is 7.99. The Morgan fingerprint density at radius 3 is 2.84 bits per heavy atom. The molecule has 0 bridgehead atoms. The van der Waals surface area contributed by atoms with E-state index in [1.165, 1.54) is 11.8 Å². The van der Waals surface area contributed by atoms with Gasteiger partial charge in [-0.15, -0.1) is 0 Å². The third kappa shape index (κ3) is 4.13. The van der Waals surface area contributed by atoms with Crippen molar-refractivity contribution in [2.24, 2.45) is 0 Å². The van der Waals surface area contributed by atoms with Crippen molar-refractivity contribution >= 4 is 17.7 Å². The maximum atomic E-state index is 12.0. The predicted molar refractivity (Wildman–Crippen MR) is 74.9 cm³/mol. The second kappa shape index (κ2) is 6.43. The van der Waals surface area contributed by atoms with Gasteiger partial charge in [-0.1, -0.05) is 17.8 Å². The molecule has 0 aromatic carbocycles. The van der Waals surface area contributed by atoms with E-state index in [2.05, 4.69) is 4.98 Å². The Morgan fingerprint density at radius 2 is 2.21 bits per heavy atom. The number of carbonyl (C=O) groups is 1. The van der Waals surface area contributed by atoms with Crippen LogP contribution in [0.4, 0.5) is 0 Å². The highest BCUT2D eigenvalue weighted by Gasteiger charge is 2.11. The van der Waals surface area contributed by atoms with Gasteiger partial charge in [-0.25, -0.2) is 4.98 Å². The zero-order chi connectivity index (χ0) is 13.7. The molecule has 1 amide bonds. The average molecular weight is 276 g/mol. The number of thioether (sulfide) groups is 1. The number of amides is 1. The molecule has 2 aromatic rings. The summed E-state index contributed by atoms with van der Waals surface area (Å²) in [6.45, 7) is 2.39. The summed E-state index contributed by atoms with van der Waals surface area (Å²) in [4.78, 5) is 17.8. The van der Waals surface area contributed by atoms with Crippen molar-refractivity contribution in [3.05, 3.63) is 48.0 Å². The van der Waals surface area contributed by atoms with Crippen LogP contribution >= 0.6 is 11.8 Å². The fourth-order valence-corrected chi connectivity index (χ4v) is 2.37. The van der Waals surface area contributed by atoms with E-state index >= 15 is 0 Å². The topological polar surface area (TPSA) is 46.3 Å². The predicted octanol–water partition coefficient (Wildman–Crippen LogP) is 2.73. The fourth-order valence-electron chi connectivity index (χ4n) is 1.57. The van der Waals surface area contributed by atoms with E-state index in [9.17, 15) is 4.79 Å². The van der Waals surface area contributed by atoms with Gasteiger partial charge in [-0.2, -0.15) is 0 Å². The minimum atomic E-state index is 0.0599. The molecule has 0 unspecified atom stereocenters. The number of furan rings is 1. The number of aryl methyl sites for hydroxylation is 1. The van der Waals surface area contributed by atoms with Crippen molar-refractivity contribution in [2.45, 2.75) is 18.5 Å². The molecule has 0 saturated heterocycles. The Morgan fingerprint density at radius 1 is 1.37 bits per heavy atom. The van der Waals surface area contributed by atoms with Crippen LogP contribution in [0.5, 0.6) is 0 Å². The molecule has 0 aliphatic heterocycles. The Hall–Kier alpha value is -1.75. The van der Waals surface area contributed by atoms with Crippen LogP contribution in [0.3, 0.4) is 0 Å². The van der Waals surface area contributed by atoms with Gasteiger partial charge in [-0.05, 0) is 31.2 Å². The van der Waals surface area contributed by atoms with Crippen LogP contribution in [0.1, 0.15) is 11.5 Å². The molecule has 100 valence electrons. The Labute approximate surface area is 116 Å². The first-order valence-corrected chi connectivity index (χ1v) is 6.97. The molecule has 2 heterocycles. The second-order valence-electron chi connectivity index (χ2n) is 4.22. The van der Waals surface area contributed by atoms with Gasteiger partial charge in [0.25, 0.3) is 0 Å². The largest absolute Gasteiger partial charge is 0.464 e. The first-order valence-electron chi connectivity index (χ1n) is 5.98. The van der Waals surface area contributed by atoms with Gasteiger partial charge in [0, 0.05) is 13.2 Å². The standard InChI is InChI=1S/C14H16N2O2S/c1-11-6-7-12(18-11)9-16(2)14(17)10-19-13-5-3-4-8-15-13/h3-8H,9-10H2,1-2H3. The third-order valence-electron chi connectivity index (χ3n) is 2.60. The lowest BCUT2D eigenvalue weighted by Gasteiger charge is -2.15. The summed E-state index contributed by atoms with van der Waals surface area (Å²) in [5, 5.41) is 0.859. The van der Waals surface area contributed by atoms with Gasteiger partial charge < -0.3 is 9.32 Å². The van der Waals surface area contributed by atoms with Crippen LogP contribution in [-0.4, -0.2) is 28.6 Å². The molecule has 0 aliphatic carbocycles. The molecule has 0 saturated carbocycles. The van der Waals surface area contributed by atoms with Crippen LogP contribution in [-0.2, 0) is 11.3 Å². The fraction of sp³-hybridized carbons (Fsp3) is 0.286. The Balaban J connectivity index is 1.82. The molecular weight excluding hydrogens is 260 g/mol. The van der Waals surface area contributed by atoms with Crippen LogP contribution in [0, 0.1) is 6.92 Å². The van der Waals surface area contributed by atoms with E-state index in [1.54, 1.807) is 18.1 Å². The van der Waals surface area contributed by atoms with Gasteiger partial charge in [0.15, 0.2) is 0 Å². The van der Waals surface area contributed by atoms with Crippen molar-refractivity contribution in [3.8, 4) is 0 Å².